The first-order valence-electron chi connectivity index (χ1n) is 7.14. The van der Waals surface area contributed by atoms with E-state index in [2.05, 4.69) is 14.9 Å². The van der Waals surface area contributed by atoms with E-state index in [9.17, 15) is 0 Å². The molecule has 0 saturated carbocycles. The van der Waals surface area contributed by atoms with Gasteiger partial charge in [0.05, 0.1) is 18.6 Å². The van der Waals surface area contributed by atoms with Crippen molar-refractivity contribution in [2.75, 3.05) is 24.6 Å². The molecule has 0 aliphatic carbocycles. The Labute approximate surface area is 139 Å². The van der Waals surface area contributed by atoms with Gasteiger partial charge in [-0.2, -0.15) is 11.8 Å². The van der Waals surface area contributed by atoms with Gasteiger partial charge in [0.1, 0.15) is 0 Å². The lowest BCUT2D eigenvalue weighted by molar-refractivity contribution is 0.455. The average Bonchev–Trinajstić information content (AvgIpc) is 3.08. The predicted molar refractivity (Wildman–Crippen MR) is 92.8 cm³/mol. The molecule has 1 aromatic heterocycles. The van der Waals surface area contributed by atoms with E-state index < -0.39 is 0 Å². The van der Waals surface area contributed by atoms with Crippen molar-refractivity contribution in [2.45, 2.75) is 6.54 Å². The molecule has 1 saturated heterocycles. The molecule has 0 bridgehead atoms. The van der Waals surface area contributed by atoms with Gasteiger partial charge in [0.2, 0.25) is 0 Å². The molecule has 5 nitrogen and oxygen atoms in total. The Bertz CT molecular complexity index is 650. The number of guanidine groups is 1. The highest BCUT2D eigenvalue weighted by molar-refractivity contribution is 7.99. The van der Waals surface area contributed by atoms with Gasteiger partial charge in [0.15, 0.2) is 5.96 Å². The van der Waals surface area contributed by atoms with Crippen molar-refractivity contribution in [1.82, 2.24) is 14.5 Å². The number of thioether (sulfide) groups is 1. The zero-order chi connectivity index (χ0) is 15.4. The number of nitrogens with two attached hydrogens (primary N) is 1. The second-order valence-electron chi connectivity index (χ2n) is 4.98. The minimum Gasteiger partial charge on any atom is -0.370 e. The summed E-state index contributed by atoms with van der Waals surface area (Å²) in [7, 11) is 0. The summed E-state index contributed by atoms with van der Waals surface area (Å²) in [6, 6.07) is 5.81. The Hall–Kier alpha value is -1.66. The van der Waals surface area contributed by atoms with E-state index in [0.29, 0.717) is 17.5 Å². The molecule has 1 fully saturated rings. The van der Waals surface area contributed by atoms with Crippen LogP contribution in [0.25, 0.3) is 5.69 Å². The summed E-state index contributed by atoms with van der Waals surface area (Å²) in [4.78, 5) is 10.8. The fraction of sp³-hybridized carbons (Fsp3) is 0.333. The largest absolute Gasteiger partial charge is 0.370 e. The molecule has 0 spiro atoms. The Balaban J connectivity index is 1.82. The second kappa shape index (κ2) is 7.07. The number of halogens is 1. The third-order valence-corrected chi connectivity index (χ3v) is 4.91. The van der Waals surface area contributed by atoms with Crippen LogP contribution < -0.4 is 5.73 Å². The highest BCUT2D eigenvalue weighted by atomic mass is 35.5. The van der Waals surface area contributed by atoms with Gasteiger partial charge in [-0.25, -0.2) is 9.98 Å². The van der Waals surface area contributed by atoms with Crippen molar-refractivity contribution in [3.8, 4) is 5.69 Å². The van der Waals surface area contributed by atoms with Gasteiger partial charge in [0.25, 0.3) is 0 Å². The Kier molecular flexibility index (Phi) is 4.90. The molecule has 2 aromatic rings. The van der Waals surface area contributed by atoms with Gasteiger partial charge in [0, 0.05) is 47.6 Å². The minimum atomic E-state index is 0.461. The SMILES string of the molecule is NC(=NCc1c(Cl)cccc1-n1ccnc1)N1CCSCC1. The van der Waals surface area contributed by atoms with Crippen molar-refractivity contribution < 1.29 is 0 Å². The molecule has 2 N–H and O–H groups in total. The number of hydrogen-bond acceptors (Lipinski definition) is 3. The molecule has 7 heteroatoms. The number of imidazole rings is 1. The van der Waals surface area contributed by atoms with Gasteiger partial charge in [-0.3, -0.25) is 0 Å². The van der Waals surface area contributed by atoms with Gasteiger partial charge >= 0.3 is 0 Å². The van der Waals surface area contributed by atoms with E-state index in [1.807, 2.05) is 40.7 Å². The molecule has 0 radical (unpaired) electrons. The normalized spacial score (nSPS) is 16.0. The summed E-state index contributed by atoms with van der Waals surface area (Å²) >= 11 is 8.30. The molecule has 1 aromatic carbocycles. The van der Waals surface area contributed by atoms with Gasteiger partial charge in [-0.05, 0) is 12.1 Å². The van der Waals surface area contributed by atoms with E-state index in [0.717, 1.165) is 35.8 Å². The Morgan fingerprint density at radius 2 is 2.18 bits per heavy atom. The lowest BCUT2D eigenvalue weighted by Crippen LogP contribution is -2.42. The van der Waals surface area contributed by atoms with Crippen LogP contribution in [0.2, 0.25) is 5.02 Å². The van der Waals surface area contributed by atoms with Crippen molar-refractivity contribution in [1.29, 1.82) is 0 Å². The maximum atomic E-state index is 6.35. The zero-order valence-electron chi connectivity index (χ0n) is 12.2. The molecular formula is C15H18ClN5S. The van der Waals surface area contributed by atoms with Crippen LogP contribution in [-0.2, 0) is 6.54 Å². The molecule has 1 aliphatic heterocycles. The molecule has 0 atom stereocenters. The smallest absolute Gasteiger partial charge is 0.191 e. The molecular weight excluding hydrogens is 318 g/mol. The summed E-state index contributed by atoms with van der Waals surface area (Å²) in [5.41, 5.74) is 8.06. The quantitative estimate of drug-likeness (QED) is 0.691. The fourth-order valence-electron chi connectivity index (χ4n) is 2.40. The molecule has 0 unspecified atom stereocenters. The summed E-state index contributed by atoms with van der Waals surface area (Å²) in [6.07, 6.45) is 5.39. The number of benzene rings is 1. The molecule has 0 amide bonds. The van der Waals surface area contributed by atoms with Crippen LogP contribution in [0.15, 0.2) is 41.9 Å². The maximum Gasteiger partial charge on any atom is 0.191 e. The van der Waals surface area contributed by atoms with E-state index in [1.54, 1.807) is 12.5 Å². The maximum absolute atomic E-state index is 6.35. The van der Waals surface area contributed by atoms with Crippen LogP contribution in [0.1, 0.15) is 5.56 Å². The standard InChI is InChI=1S/C15H18ClN5S/c16-13-2-1-3-14(21-5-4-18-11-21)12(13)10-19-15(17)20-6-8-22-9-7-20/h1-5,11H,6-10H2,(H2,17,19). The van der Waals surface area contributed by atoms with E-state index in [4.69, 9.17) is 17.3 Å². The molecule has 2 heterocycles. The van der Waals surface area contributed by atoms with E-state index in [-0.39, 0.29) is 0 Å². The van der Waals surface area contributed by atoms with Crippen LogP contribution in [0.3, 0.4) is 0 Å². The number of rotatable bonds is 3. The molecule has 116 valence electrons. The number of nitrogens with zero attached hydrogens (tertiary/aromatic N) is 4. The number of aromatic nitrogens is 2. The first-order chi connectivity index (χ1) is 10.8. The highest BCUT2D eigenvalue weighted by Gasteiger charge is 2.13. The molecule has 22 heavy (non-hydrogen) atoms. The van der Waals surface area contributed by atoms with Gasteiger partial charge in [-0.15, -0.1) is 0 Å². The van der Waals surface area contributed by atoms with Crippen molar-refractivity contribution in [3.05, 3.63) is 47.5 Å². The first kappa shape index (κ1) is 15.2. The molecule has 3 rings (SSSR count). The van der Waals surface area contributed by atoms with Crippen molar-refractivity contribution in [2.24, 2.45) is 10.7 Å². The van der Waals surface area contributed by atoms with E-state index >= 15 is 0 Å². The van der Waals surface area contributed by atoms with Crippen molar-refractivity contribution in [3.63, 3.8) is 0 Å². The fourth-order valence-corrected chi connectivity index (χ4v) is 3.53. The molecule has 1 aliphatic rings. The van der Waals surface area contributed by atoms with Crippen molar-refractivity contribution >= 4 is 29.3 Å². The summed E-state index contributed by atoms with van der Waals surface area (Å²) in [5.74, 6) is 2.79. The lowest BCUT2D eigenvalue weighted by Gasteiger charge is -2.27. The minimum absolute atomic E-state index is 0.461. The first-order valence-corrected chi connectivity index (χ1v) is 8.67. The Morgan fingerprint density at radius 1 is 1.36 bits per heavy atom. The summed E-state index contributed by atoms with van der Waals surface area (Å²) in [6.45, 7) is 2.37. The van der Waals surface area contributed by atoms with Gasteiger partial charge in [-0.1, -0.05) is 17.7 Å². The van der Waals surface area contributed by atoms with Crippen LogP contribution in [0.5, 0.6) is 0 Å². The number of hydrogen-bond donors (Lipinski definition) is 1. The zero-order valence-corrected chi connectivity index (χ0v) is 13.7. The highest BCUT2D eigenvalue weighted by Crippen LogP contribution is 2.24. The van der Waals surface area contributed by atoms with Crippen LogP contribution in [0, 0.1) is 0 Å². The van der Waals surface area contributed by atoms with Crippen LogP contribution in [0.4, 0.5) is 0 Å². The number of aliphatic imine (C=N–C) groups is 1. The van der Waals surface area contributed by atoms with Gasteiger partial charge < -0.3 is 15.2 Å². The summed E-state index contributed by atoms with van der Waals surface area (Å²) < 4.78 is 1.93. The Morgan fingerprint density at radius 3 is 2.91 bits per heavy atom. The predicted octanol–water partition coefficient (Wildman–Crippen LogP) is 2.39. The monoisotopic (exact) mass is 335 g/mol. The third kappa shape index (κ3) is 3.39. The van der Waals surface area contributed by atoms with Crippen LogP contribution in [-0.4, -0.2) is 45.0 Å². The lowest BCUT2D eigenvalue weighted by atomic mass is 10.1. The summed E-state index contributed by atoms with van der Waals surface area (Å²) in [5, 5.41) is 0.692. The second-order valence-corrected chi connectivity index (χ2v) is 6.61. The van der Waals surface area contributed by atoms with E-state index in [1.165, 1.54) is 0 Å². The van der Waals surface area contributed by atoms with Crippen LogP contribution >= 0.6 is 23.4 Å². The average molecular weight is 336 g/mol. The topological polar surface area (TPSA) is 59.4 Å². The third-order valence-electron chi connectivity index (χ3n) is 3.61.